The molecule has 7 heteroatoms. The molecule has 3 aromatic rings. The largest absolute Gasteiger partial charge is 0.493 e. The van der Waals surface area contributed by atoms with Crippen molar-refractivity contribution in [3.05, 3.63) is 97.9 Å². The minimum atomic E-state index is -0.305. The molecule has 0 saturated carbocycles. The van der Waals surface area contributed by atoms with Crippen molar-refractivity contribution in [3.8, 4) is 11.5 Å². The molecule has 1 heterocycles. The van der Waals surface area contributed by atoms with Crippen molar-refractivity contribution in [3.63, 3.8) is 0 Å². The van der Waals surface area contributed by atoms with Gasteiger partial charge in [0.25, 0.3) is 11.1 Å². The van der Waals surface area contributed by atoms with E-state index in [0.717, 1.165) is 38.5 Å². The molecule has 1 saturated heterocycles. The van der Waals surface area contributed by atoms with Crippen LogP contribution >= 0.6 is 27.7 Å². The number of halogens is 1. The smallest absolute Gasteiger partial charge is 0.293 e. The zero-order valence-corrected chi connectivity index (χ0v) is 21.5. The van der Waals surface area contributed by atoms with Crippen molar-refractivity contribution in [2.24, 2.45) is 0 Å². The van der Waals surface area contributed by atoms with Crippen molar-refractivity contribution in [1.82, 2.24) is 4.90 Å². The van der Waals surface area contributed by atoms with Gasteiger partial charge >= 0.3 is 0 Å². The lowest BCUT2D eigenvalue weighted by Gasteiger charge is -2.14. The number of hydrogen-bond donors (Lipinski definition) is 0. The summed E-state index contributed by atoms with van der Waals surface area (Å²) in [4.78, 5) is 27.1. The van der Waals surface area contributed by atoms with Crippen LogP contribution in [0.25, 0.3) is 6.08 Å². The predicted octanol–water partition coefficient (Wildman–Crippen LogP) is 6.89. The van der Waals surface area contributed by atoms with E-state index < -0.39 is 0 Å². The van der Waals surface area contributed by atoms with Gasteiger partial charge in [-0.2, -0.15) is 0 Å². The first kappa shape index (κ1) is 24.1. The summed E-state index contributed by atoms with van der Waals surface area (Å²) < 4.78 is 12.2. The first-order valence-electron chi connectivity index (χ1n) is 10.7. The molecule has 0 radical (unpaired) electrons. The van der Waals surface area contributed by atoms with E-state index >= 15 is 0 Å². The number of imide groups is 1. The van der Waals surface area contributed by atoms with Crippen LogP contribution < -0.4 is 9.47 Å². The van der Waals surface area contributed by atoms with Crippen LogP contribution in [0.4, 0.5) is 4.79 Å². The van der Waals surface area contributed by atoms with Crippen LogP contribution in [0.1, 0.15) is 27.8 Å². The fraction of sp³-hybridized carbons (Fsp3) is 0.185. The van der Waals surface area contributed by atoms with E-state index in [2.05, 4.69) is 15.9 Å². The van der Waals surface area contributed by atoms with Crippen LogP contribution in [-0.2, 0) is 17.9 Å². The Balaban J connectivity index is 1.52. The maximum atomic E-state index is 13.0. The highest BCUT2D eigenvalue weighted by Gasteiger charge is 2.35. The monoisotopic (exact) mass is 537 g/mol. The van der Waals surface area contributed by atoms with E-state index in [4.69, 9.17) is 9.47 Å². The Kier molecular flexibility index (Phi) is 7.44. The first-order valence-corrected chi connectivity index (χ1v) is 12.3. The third-order valence-electron chi connectivity index (χ3n) is 5.42. The Morgan fingerprint density at radius 3 is 2.15 bits per heavy atom. The SMILES string of the molecule is COc1cc(/C=C2\SC(=O)N(Cc3ccc(C)cc3)C2=O)c(Br)cc1OCc1ccc(C)cc1. The van der Waals surface area contributed by atoms with Crippen molar-refractivity contribution in [2.45, 2.75) is 27.0 Å². The van der Waals surface area contributed by atoms with Gasteiger partial charge < -0.3 is 9.47 Å². The quantitative estimate of drug-likeness (QED) is 0.307. The molecule has 4 rings (SSSR count). The molecule has 0 N–H and O–H groups in total. The number of benzene rings is 3. The third kappa shape index (κ3) is 5.54. The maximum Gasteiger partial charge on any atom is 0.293 e. The van der Waals surface area contributed by atoms with Gasteiger partial charge in [0.15, 0.2) is 11.5 Å². The molecule has 0 atom stereocenters. The van der Waals surface area contributed by atoms with Crippen LogP contribution in [0, 0.1) is 13.8 Å². The zero-order valence-electron chi connectivity index (χ0n) is 19.1. The molecule has 5 nitrogen and oxygen atoms in total. The Morgan fingerprint density at radius 1 is 0.912 bits per heavy atom. The van der Waals surface area contributed by atoms with Crippen LogP contribution in [0.2, 0.25) is 0 Å². The molecular weight excluding hydrogens is 514 g/mol. The maximum absolute atomic E-state index is 13.0. The molecule has 0 spiro atoms. The summed E-state index contributed by atoms with van der Waals surface area (Å²) in [5.74, 6) is 0.821. The van der Waals surface area contributed by atoms with Gasteiger partial charge in [0, 0.05) is 4.47 Å². The third-order valence-corrected chi connectivity index (χ3v) is 7.01. The van der Waals surface area contributed by atoms with Crippen molar-refractivity contribution in [2.75, 3.05) is 7.11 Å². The Hall–Kier alpha value is -3.03. The normalized spacial score (nSPS) is 14.7. The van der Waals surface area contributed by atoms with E-state index in [-0.39, 0.29) is 17.7 Å². The molecule has 0 unspecified atom stereocenters. The summed E-state index contributed by atoms with van der Waals surface area (Å²) in [6, 6.07) is 19.5. The van der Waals surface area contributed by atoms with Gasteiger partial charge in [-0.15, -0.1) is 0 Å². The molecule has 1 aliphatic rings. The number of carbonyl (C=O) groups excluding carboxylic acids is 2. The molecular formula is C27H24BrNO4S. The second-order valence-corrected chi connectivity index (χ2v) is 9.90. The molecule has 0 bridgehead atoms. The summed E-state index contributed by atoms with van der Waals surface area (Å²) >= 11 is 4.50. The van der Waals surface area contributed by atoms with Crippen LogP contribution in [0.3, 0.4) is 0 Å². The topological polar surface area (TPSA) is 55.8 Å². The Morgan fingerprint density at radius 2 is 1.53 bits per heavy atom. The molecule has 1 fully saturated rings. The van der Waals surface area contributed by atoms with Gasteiger partial charge in [-0.1, -0.05) is 75.6 Å². The highest BCUT2D eigenvalue weighted by atomic mass is 79.9. The first-order chi connectivity index (χ1) is 16.3. The van der Waals surface area contributed by atoms with Crippen molar-refractivity contribution < 1.29 is 19.1 Å². The summed E-state index contributed by atoms with van der Waals surface area (Å²) in [5, 5.41) is -0.280. The van der Waals surface area contributed by atoms with Crippen LogP contribution in [0.5, 0.6) is 11.5 Å². The van der Waals surface area contributed by atoms with Crippen molar-refractivity contribution in [1.29, 1.82) is 0 Å². The lowest BCUT2D eigenvalue weighted by molar-refractivity contribution is -0.123. The molecule has 34 heavy (non-hydrogen) atoms. The van der Waals surface area contributed by atoms with Gasteiger partial charge in [0.1, 0.15) is 6.61 Å². The van der Waals surface area contributed by atoms with Crippen molar-refractivity contribution >= 4 is 44.9 Å². The van der Waals surface area contributed by atoms with Crippen LogP contribution in [-0.4, -0.2) is 23.2 Å². The Bertz CT molecular complexity index is 1250. The summed E-state index contributed by atoms with van der Waals surface area (Å²) in [7, 11) is 1.57. The second kappa shape index (κ2) is 10.5. The van der Waals surface area contributed by atoms with Gasteiger partial charge in [-0.05, 0) is 60.5 Å². The average Bonchev–Trinajstić information content (AvgIpc) is 3.08. The number of ether oxygens (including phenoxy) is 2. The van der Waals surface area contributed by atoms with E-state index in [1.54, 1.807) is 19.3 Å². The minimum absolute atomic E-state index is 0.249. The van der Waals surface area contributed by atoms with Crippen LogP contribution in [0.15, 0.2) is 70.0 Å². The summed E-state index contributed by atoms with van der Waals surface area (Å²) in [5.41, 5.74) is 5.00. The number of carbonyl (C=O) groups is 2. The van der Waals surface area contributed by atoms with E-state index in [9.17, 15) is 9.59 Å². The molecule has 3 aromatic carbocycles. The van der Waals surface area contributed by atoms with E-state index in [0.29, 0.717) is 23.0 Å². The summed E-state index contributed by atoms with van der Waals surface area (Å²) in [6.07, 6.45) is 1.70. The molecule has 0 aliphatic carbocycles. The number of methoxy groups -OCH3 is 1. The fourth-order valence-corrected chi connectivity index (χ4v) is 4.70. The molecule has 1 aliphatic heterocycles. The molecule has 174 valence electrons. The summed E-state index contributed by atoms with van der Waals surface area (Å²) in [6.45, 7) is 4.69. The lowest BCUT2D eigenvalue weighted by Crippen LogP contribution is -2.27. The number of nitrogens with zero attached hydrogens (tertiary/aromatic N) is 1. The molecule has 0 aromatic heterocycles. The van der Waals surface area contributed by atoms with Gasteiger partial charge in [0.2, 0.25) is 0 Å². The van der Waals surface area contributed by atoms with E-state index in [1.807, 2.05) is 68.4 Å². The lowest BCUT2D eigenvalue weighted by atomic mass is 10.1. The highest BCUT2D eigenvalue weighted by Crippen LogP contribution is 2.38. The van der Waals surface area contributed by atoms with E-state index in [1.165, 1.54) is 10.5 Å². The standard InChI is InChI=1S/C27H24BrNO4S/c1-17-4-8-19(9-5-17)15-29-26(30)25(34-27(29)31)13-21-12-23(32-3)24(14-22(21)28)33-16-20-10-6-18(2)7-11-20/h4-14H,15-16H2,1-3H3/b25-13-. The fourth-order valence-electron chi connectivity index (χ4n) is 3.43. The minimum Gasteiger partial charge on any atom is -0.493 e. The van der Waals surface area contributed by atoms with Gasteiger partial charge in [0.05, 0.1) is 18.6 Å². The number of aryl methyl sites for hydroxylation is 2. The highest BCUT2D eigenvalue weighted by molar-refractivity contribution is 9.10. The molecule has 2 amide bonds. The zero-order chi connectivity index (χ0) is 24.2. The number of amides is 2. The van der Waals surface area contributed by atoms with Gasteiger partial charge in [-0.3, -0.25) is 14.5 Å². The second-order valence-electron chi connectivity index (χ2n) is 8.05. The average molecular weight is 538 g/mol. The Labute approximate surface area is 211 Å². The number of thioether (sulfide) groups is 1. The number of rotatable bonds is 7. The van der Waals surface area contributed by atoms with Gasteiger partial charge in [-0.25, -0.2) is 0 Å². The number of hydrogen-bond acceptors (Lipinski definition) is 5. The predicted molar refractivity (Wildman–Crippen MR) is 139 cm³/mol.